The van der Waals surface area contributed by atoms with Crippen LogP contribution in [0.4, 0.5) is 0 Å². The van der Waals surface area contributed by atoms with Crippen molar-refractivity contribution in [3.63, 3.8) is 0 Å². The highest BCUT2D eigenvalue weighted by Gasteiger charge is 2.50. The number of allylic oxidation sites excluding steroid dienone is 3. The van der Waals surface area contributed by atoms with E-state index in [9.17, 15) is 15.3 Å². The lowest BCUT2D eigenvalue weighted by molar-refractivity contribution is 0.00406. The van der Waals surface area contributed by atoms with Crippen LogP contribution in [0.1, 0.15) is 98.8 Å². The first-order valence-corrected chi connectivity index (χ1v) is 12.5. The molecule has 3 N–H and O–H groups in total. The largest absolute Gasteiger partial charge is 0.392 e. The molecule has 0 aromatic rings. The zero-order valence-corrected chi connectivity index (χ0v) is 20.0. The van der Waals surface area contributed by atoms with E-state index in [4.69, 9.17) is 0 Å². The van der Waals surface area contributed by atoms with Crippen molar-refractivity contribution in [2.75, 3.05) is 0 Å². The molecule has 30 heavy (non-hydrogen) atoms. The fraction of sp³-hybridized carbons (Fsp3) is 0.852. The molecule has 0 amide bonds. The Kier molecular flexibility index (Phi) is 7.58. The normalized spacial score (nSPS) is 39.8. The summed E-state index contributed by atoms with van der Waals surface area (Å²) >= 11 is 0. The minimum Gasteiger partial charge on any atom is -0.392 e. The van der Waals surface area contributed by atoms with E-state index in [1.165, 1.54) is 44.1 Å². The maximum absolute atomic E-state index is 10.2. The van der Waals surface area contributed by atoms with Crippen molar-refractivity contribution in [3.8, 4) is 0 Å². The van der Waals surface area contributed by atoms with Gasteiger partial charge in [-0.1, -0.05) is 56.9 Å². The van der Waals surface area contributed by atoms with Crippen LogP contribution in [0, 0.1) is 29.1 Å². The molecule has 0 unspecified atom stereocenters. The number of hydrogen-bond donors (Lipinski definition) is 3. The van der Waals surface area contributed by atoms with Crippen LogP contribution < -0.4 is 0 Å². The second-order valence-corrected chi connectivity index (χ2v) is 11.7. The molecule has 172 valence electrons. The van der Waals surface area contributed by atoms with Gasteiger partial charge in [-0.25, -0.2) is 0 Å². The smallest absolute Gasteiger partial charge is 0.0627 e. The number of aliphatic hydroxyl groups excluding tert-OH is 2. The van der Waals surface area contributed by atoms with Crippen LogP contribution in [0.2, 0.25) is 0 Å². The van der Waals surface area contributed by atoms with Crippen LogP contribution in [0.3, 0.4) is 0 Å². The Morgan fingerprint density at radius 1 is 1.13 bits per heavy atom. The van der Waals surface area contributed by atoms with E-state index >= 15 is 0 Å². The van der Waals surface area contributed by atoms with Crippen LogP contribution in [0.25, 0.3) is 0 Å². The number of rotatable bonds is 6. The molecule has 0 spiro atoms. The van der Waals surface area contributed by atoms with Crippen molar-refractivity contribution in [2.45, 2.75) is 117 Å². The number of hydrogen-bond acceptors (Lipinski definition) is 3. The van der Waals surface area contributed by atoms with Gasteiger partial charge in [-0.05, 0) is 88.4 Å². The average Bonchev–Trinajstić information content (AvgIpc) is 3.00. The fourth-order valence-corrected chi connectivity index (χ4v) is 6.88. The molecule has 6 atom stereocenters. The van der Waals surface area contributed by atoms with Crippen molar-refractivity contribution in [3.05, 3.63) is 23.3 Å². The molecule has 3 aliphatic rings. The number of fused-ring (bicyclic) bond motifs is 1. The Morgan fingerprint density at radius 3 is 2.43 bits per heavy atom. The van der Waals surface area contributed by atoms with E-state index in [1.807, 2.05) is 20.8 Å². The van der Waals surface area contributed by atoms with Crippen molar-refractivity contribution in [2.24, 2.45) is 29.1 Å². The molecule has 3 nitrogen and oxygen atoms in total. The summed E-state index contributed by atoms with van der Waals surface area (Å²) < 4.78 is 0. The van der Waals surface area contributed by atoms with Crippen LogP contribution in [0.15, 0.2) is 23.3 Å². The molecule has 0 heterocycles. The van der Waals surface area contributed by atoms with Gasteiger partial charge in [0.2, 0.25) is 0 Å². The third-order valence-electron chi connectivity index (χ3n) is 8.86. The summed E-state index contributed by atoms with van der Waals surface area (Å²) in [5.41, 5.74) is 2.65. The van der Waals surface area contributed by atoms with Gasteiger partial charge < -0.3 is 15.3 Å². The van der Waals surface area contributed by atoms with Crippen molar-refractivity contribution < 1.29 is 15.3 Å². The maximum Gasteiger partial charge on any atom is 0.0627 e. The molecule has 0 aromatic carbocycles. The van der Waals surface area contributed by atoms with Gasteiger partial charge in [0.15, 0.2) is 0 Å². The topological polar surface area (TPSA) is 60.7 Å². The Morgan fingerprint density at radius 2 is 1.80 bits per heavy atom. The molecule has 3 saturated carbocycles. The molecule has 0 aliphatic heterocycles. The van der Waals surface area contributed by atoms with E-state index in [-0.39, 0.29) is 5.92 Å². The first-order valence-electron chi connectivity index (χ1n) is 12.5. The van der Waals surface area contributed by atoms with E-state index in [1.54, 1.807) is 5.57 Å². The quantitative estimate of drug-likeness (QED) is 0.512. The molecule has 3 heteroatoms. The molecule has 3 fully saturated rings. The number of aliphatic hydroxyl groups is 3. The maximum atomic E-state index is 10.2. The Bertz CT molecular complexity index is 629. The van der Waals surface area contributed by atoms with Gasteiger partial charge in [0.05, 0.1) is 17.8 Å². The average molecular weight is 419 g/mol. The van der Waals surface area contributed by atoms with E-state index in [0.29, 0.717) is 30.1 Å². The summed E-state index contributed by atoms with van der Waals surface area (Å²) in [5.74, 6) is 2.15. The minimum absolute atomic E-state index is 0.0266. The summed E-state index contributed by atoms with van der Waals surface area (Å²) in [6.45, 7) is 10.8. The van der Waals surface area contributed by atoms with Crippen LogP contribution >= 0.6 is 0 Å². The van der Waals surface area contributed by atoms with Crippen molar-refractivity contribution in [1.29, 1.82) is 0 Å². The standard InChI is InChI=1S/C27H46O3/c1-18(8-6-14-26(3,4)30)22-12-13-23-21(9-7-15-27(22,23)5)11-10-20-16-24(28)19(2)25(29)17-20/h10-11,18-19,22-25,28-30H,6-9,12-17H2,1-5H3/b20-10?,21-11+/t18-,19?,22+,23-,24+,25+,27+/m0/s1. The summed E-state index contributed by atoms with van der Waals surface area (Å²) in [5, 5.41) is 30.5. The first kappa shape index (κ1) is 24.0. The highest BCUT2D eigenvalue weighted by molar-refractivity contribution is 5.26. The molecule has 0 radical (unpaired) electrons. The van der Waals surface area contributed by atoms with Crippen LogP contribution in [-0.2, 0) is 0 Å². The molecule has 0 bridgehead atoms. The highest BCUT2D eigenvalue weighted by atomic mass is 16.3. The Labute approximate surface area is 184 Å². The second kappa shape index (κ2) is 9.46. The first-order chi connectivity index (χ1) is 14.0. The molecule has 0 saturated heterocycles. The lowest BCUT2D eigenvalue weighted by atomic mass is 9.60. The molecule has 3 aliphatic carbocycles. The van der Waals surface area contributed by atoms with Gasteiger partial charge in [-0.15, -0.1) is 0 Å². The minimum atomic E-state index is -0.547. The highest BCUT2D eigenvalue weighted by Crippen LogP contribution is 2.60. The molecule has 0 aromatic heterocycles. The molecular formula is C27H46O3. The van der Waals surface area contributed by atoms with Gasteiger partial charge in [0, 0.05) is 5.92 Å². The monoisotopic (exact) mass is 418 g/mol. The third kappa shape index (κ3) is 5.40. The zero-order valence-electron chi connectivity index (χ0n) is 20.0. The van der Waals surface area contributed by atoms with E-state index in [2.05, 4.69) is 26.0 Å². The van der Waals surface area contributed by atoms with E-state index < -0.39 is 17.8 Å². The van der Waals surface area contributed by atoms with Crippen LogP contribution in [0.5, 0.6) is 0 Å². The predicted molar refractivity (Wildman–Crippen MR) is 124 cm³/mol. The van der Waals surface area contributed by atoms with Gasteiger partial charge in [0.25, 0.3) is 0 Å². The Hall–Kier alpha value is -0.640. The lowest BCUT2D eigenvalue weighted by Gasteiger charge is -2.44. The summed E-state index contributed by atoms with van der Waals surface area (Å²) in [4.78, 5) is 0. The van der Waals surface area contributed by atoms with Crippen molar-refractivity contribution in [1.82, 2.24) is 0 Å². The van der Waals surface area contributed by atoms with E-state index in [0.717, 1.165) is 18.8 Å². The fourth-order valence-electron chi connectivity index (χ4n) is 6.88. The van der Waals surface area contributed by atoms with Crippen molar-refractivity contribution >= 4 is 0 Å². The zero-order chi connectivity index (χ0) is 22.1. The second-order valence-electron chi connectivity index (χ2n) is 11.7. The van der Waals surface area contributed by atoms with Gasteiger partial charge in [-0.3, -0.25) is 0 Å². The van der Waals surface area contributed by atoms with Gasteiger partial charge >= 0.3 is 0 Å². The molecular weight excluding hydrogens is 372 g/mol. The lowest BCUT2D eigenvalue weighted by Crippen LogP contribution is -2.36. The predicted octanol–water partition coefficient (Wildman–Crippen LogP) is 5.78. The SMILES string of the molecule is CC1[C@H](O)CC(=C/C=C2\CCC[C@]3(C)[C@@H]([C@@H](C)CCCC(C)(C)O)CC[C@@H]23)C[C@H]1O. The Balaban J connectivity index is 1.67. The summed E-state index contributed by atoms with van der Waals surface area (Å²) in [6, 6.07) is 0. The summed E-state index contributed by atoms with van der Waals surface area (Å²) in [7, 11) is 0. The molecule has 3 rings (SSSR count). The summed E-state index contributed by atoms with van der Waals surface area (Å²) in [6.07, 6.45) is 14.8. The van der Waals surface area contributed by atoms with Crippen LogP contribution in [-0.4, -0.2) is 33.1 Å². The third-order valence-corrected chi connectivity index (χ3v) is 8.86. The van der Waals surface area contributed by atoms with Gasteiger partial charge in [-0.2, -0.15) is 0 Å². The van der Waals surface area contributed by atoms with Gasteiger partial charge in [0.1, 0.15) is 0 Å².